The van der Waals surface area contributed by atoms with Crippen molar-refractivity contribution in [1.82, 2.24) is 4.90 Å². The second kappa shape index (κ2) is 8.04. The molecule has 1 saturated heterocycles. The molecule has 28 heavy (non-hydrogen) atoms. The van der Waals surface area contributed by atoms with Crippen LogP contribution < -0.4 is 5.32 Å². The maximum absolute atomic E-state index is 12.6. The number of halogens is 3. The molecule has 0 atom stereocenters. The number of rotatable bonds is 3. The summed E-state index contributed by atoms with van der Waals surface area (Å²) in [5.74, 6) is -0.559. The van der Waals surface area contributed by atoms with E-state index in [1.807, 2.05) is 25.1 Å². The monoisotopic (exact) mass is 390 g/mol. The molecular weight excluding hydrogens is 369 g/mol. The minimum Gasteiger partial charge on any atom is -0.339 e. The lowest BCUT2D eigenvalue weighted by atomic mass is 9.95. The summed E-state index contributed by atoms with van der Waals surface area (Å²) < 4.78 is 37.8. The van der Waals surface area contributed by atoms with Crippen LogP contribution in [-0.2, 0) is 11.0 Å². The Morgan fingerprint density at radius 3 is 2.25 bits per heavy atom. The van der Waals surface area contributed by atoms with E-state index in [1.54, 1.807) is 11.0 Å². The van der Waals surface area contributed by atoms with Gasteiger partial charge in [0.15, 0.2) is 0 Å². The summed E-state index contributed by atoms with van der Waals surface area (Å²) in [4.78, 5) is 26.7. The highest BCUT2D eigenvalue weighted by molar-refractivity contribution is 5.95. The molecule has 4 nitrogen and oxygen atoms in total. The van der Waals surface area contributed by atoms with Crippen molar-refractivity contribution in [1.29, 1.82) is 0 Å². The third-order valence-corrected chi connectivity index (χ3v) is 4.90. The van der Waals surface area contributed by atoms with E-state index in [4.69, 9.17) is 0 Å². The Morgan fingerprint density at radius 2 is 1.68 bits per heavy atom. The predicted molar refractivity (Wildman–Crippen MR) is 99.9 cm³/mol. The topological polar surface area (TPSA) is 49.4 Å². The summed E-state index contributed by atoms with van der Waals surface area (Å²) in [6.45, 7) is 2.87. The Bertz CT molecular complexity index is 855. The molecular formula is C21H21F3N2O2. The Balaban J connectivity index is 1.54. The van der Waals surface area contributed by atoms with Gasteiger partial charge in [0.25, 0.3) is 5.91 Å². The summed E-state index contributed by atoms with van der Waals surface area (Å²) in [7, 11) is 0. The highest BCUT2D eigenvalue weighted by Gasteiger charge is 2.31. The lowest BCUT2D eigenvalue weighted by molar-refractivity contribution is -0.137. The van der Waals surface area contributed by atoms with E-state index in [0.29, 0.717) is 37.2 Å². The van der Waals surface area contributed by atoms with Crippen molar-refractivity contribution in [2.24, 2.45) is 5.92 Å². The number of carbonyl (C=O) groups excluding carboxylic acids is 2. The van der Waals surface area contributed by atoms with Gasteiger partial charge in [0.1, 0.15) is 0 Å². The molecule has 1 aliphatic rings. The normalized spacial score (nSPS) is 15.4. The molecule has 0 aliphatic carbocycles. The maximum atomic E-state index is 12.6. The number of hydrogen-bond acceptors (Lipinski definition) is 2. The summed E-state index contributed by atoms with van der Waals surface area (Å²) in [5.41, 5.74) is 1.22. The van der Waals surface area contributed by atoms with Crippen LogP contribution in [0.3, 0.4) is 0 Å². The molecule has 0 aromatic heterocycles. The van der Waals surface area contributed by atoms with Crippen molar-refractivity contribution in [2.45, 2.75) is 25.9 Å². The first kappa shape index (κ1) is 19.9. The predicted octanol–water partition coefficient (Wildman–Crippen LogP) is 4.50. The van der Waals surface area contributed by atoms with Gasteiger partial charge in [-0.3, -0.25) is 9.59 Å². The molecule has 0 unspecified atom stereocenters. The van der Waals surface area contributed by atoms with Crippen molar-refractivity contribution in [3.05, 3.63) is 65.2 Å². The number of aryl methyl sites for hydroxylation is 1. The molecule has 148 valence electrons. The highest BCUT2D eigenvalue weighted by Crippen LogP contribution is 2.30. The van der Waals surface area contributed by atoms with Crippen LogP contribution in [-0.4, -0.2) is 29.8 Å². The molecule has 2 aromatic carbocycles. The molecule has 1 N–H and O–H groups in total. The molecule has 1 heterocycles. The van der Waals surface area contributed by atoms with E-state index >= 15 is 0 Å². The minimum atomic E-state index is -4.40. The smallest absolute Gasteiger partial charge is 0.339 e. The molecule has 0 spiro atoms. The number of nitrogens with zero attached hydrogens (tertiary/aromatic N) is 1. The Morgan fingerprint density at radius 1 is 1.04 bits per heavy atom. The maximum Gasteiger partial charge on any atom is 0.416 e. The molecule has 3 rings (SSSR count). The summed E-state index contributed by atoms with van der Waals surface area (Å²) >= 11 is 0. The molecule has 2 amide bonds. The Labute approximate surface area is 161 Å². The number of benzene rings is 2. The average molecular weight is 390 g/mol. The van der Waals surface area contributed by atoms with Crippen LogP contribution in [0.25, 0.3) is 0 Å². The van der Waals surface area contributed by atoms with Gasteiger partial charge in [-0.2, -0.15) is 13.2 Å². The van der Waals surface area contributed by atoms with Gasteiger partial charge in [-0.25, -0.2) is 0 Å². The van der Waals surface area contributed by atoms with Gasteiger partial charge in [0, 0.05) is 30.3 Å². The van der Waals surface area contributed by atoms with Crippen LogP contribution in [0.4, 0.5) is 18.9 Å². The Hall–Kier alpha value is -2.83. The van der Waals surface area contributed by atoms with Crippen LogP contribution in [0, 0.1) is 12.8 Å². The largest absolute Gasteiger partial charge is 0.416 e. The van der Waals surface area contributed by atoms with E-state index in [2.05, 4.69) is 5.32 Å². The molecule has 0 bridgehead atoms. The second-order valence-corrected chi connectivity index (χ2v) is 7.00. The van der Waals surface area contributed by atoms with Crippen molar-refractivity contribution in [3.63, 3.8) is 0 Å². The fraction of sp³-hybridized carbons (Fsp3) is 0.333. The lowest BCUT2D eigenvalue weighted by Gasteiger charge is -2.31. The number of piperidine rings is 1. The van der Waals surface area contributed by atoms with Gasteiger partial charge < -0.3 is 10.2 Å². The number of hydrogen-bond donors (Lipinski definition) is 1. The number of nitrogens with one attached hydrogen (secondary N) is 1. The van der Waals surface area contributed by atoms with Crippen LogP contribution in [0.5, 0.6) is 0 Å². The first-order valence-electron chi connectivity index (χ1n) is 9.08. The highest BCUT2D eigenvalue weighted by atomic mass is 19.4. The van der Waals surface area contributed by atoms with E-state index in [-0.39, 0.29) is 17.7 Å². The van der Waals surface area contributed by atoms with Gasteiger partial charge in [-0.1, -0.05) is 17.7 Å². The van der Waals surface area contributed by atoms with E-state index in [9.17, 15) is 22.8 Å². The Kier molecular flexibility index (Phi) is 5.72. The van der Waals surface area contributed by atoms with Gasteiger partial charge in [-0.05, 0) is 56.2 Å². The number of carbonyl (C=O) groups is 2. The van der Waals surface area contributed by atoms with Crippen molar-refractivity contribution < 1.29 is 22.8 Å². The van der Waals surface area contributed by atoms with Crippen molar-refractivity contribution in [3.8, 4) is 0 Å². The third-order valence-electron chi connectivity index (χ3n) is 4.90. The minimum absolute atomic E-state index is 0.0507. The standard InChI is InChI=1S/C21H21F3N2O2/c1-14-3-2-4-16(13-14)20(28)26-11-9-15(10-12-26)19(27)25-18-7-5-17(6-8-18)21(22,23)24/h2-8,13,15H,9-12H2,1H3,(H,25,27). The first-order chi connectivity index (χ1) is 13.2. The number of alkyl halides is 3. The van der Waals surface area contributed by atoms with Crippen molar-refractivity contribution >= 4 is 17.5 Å². The SMILES string of the molecule is Cc1cccc(C(=O)N2CCC(C(=O)Nc3ccc(C(F)(F)F)cc3)CC2)c1. The van der Waals surface area contributed by atoms with E-state index in [0.717, 1.165) is 17.7 Å². The van der Waals surface area contributed by atoms with Crippen LogP contribution in [0.15, 0.2) is 48.5 Å². The van der Waals surface area contributed by atoms with Crippen LogP contribution in [0.2, 0.25) is 0 Å². The van der Waals surface area contributed by atoms with Crippen LogP contribution in [0.1, 0.15) is 34.3 Å². The summed E-state index contributed by atoms with van der Waals surface area (Å²) in [5, 5.41) is 2.66. The van der Waals surface area contributed by atoms with Gasteiger partial charge in [-0.15, -0.1) is 0 Å². The quantitative estimate of drug-likeness (QED) is 0.839. The molecule has 0 radical (unpaired) electrons. The fourth-order valence-electron chi connectivity index (χ4n) is 3.29. The molecule has 1 fully saturated rings. The fourth-order valence-corrected chi connectivity index (χ4v) is 3.29. The van der Waals surface area contributed by atoms with Gasteiger partial charge in [0.2, 0.25) is 5.91 Å². The summed E-state index contributed by atoms with van der Waals surface area (Å²) in [6.07, 6.45) is -3.37. The molecule has 1 aliphatic heterocycles. The zero-order valence-electron chi connectivity index (χ0n) is 15.4. The lowest BCUT2D eigenvalue weighted by Crippen LogP contribution is -2.41. The third kappa shape index (κ3) is 4.71. The zero-order chi connectivity index (χ0) is 20.3. The molecule has 0 saturated carbocycles. The van der Waals surface area contributed by atoms with Gasteiger partial charge in [0.05, 0.1) is 5.56 Å². The van der Waals surface area contributed by atoms with E-state index in [1.165, 1.54) is 12.1 Å². The number of anilines is 1. The zero-order valence-corrected chi connectivity index (χ0v) is 15.4. The molecule has 2 aromatic rings. The number of likely N-dealkylation sites (tertiary alicyclic amines) is 1. The van der Waals surface area contributed by atoms with Gasteiger partial charge >= 0.3 is 6.18 Å². The number of amides is 2. The van der Waals surface area contributed by atoms with E-state index < -0.39 is 11.7 Å². The summed E-state index contributed by atoms with van der Waals surface area (Å²) in [6, 6.07) is 11.8. The molecule has 7 heteroatoms. The second-order valence-electron chi connectivity index (χ2n) is 7.00. The average Bonchev–Trinajstić information content (AvgIpc) is 2.67. The van der Waals surface area contributed by atoms with Crippen molar-refractivity contribution in [2.75, 3.05) is 18.4 Å². The first-order valence-corrected chi connectivity index (χ1v) is 9.08. The van der Waals surface area contributed by atoms with Crippen LogP contribution >= 0.6 is 0 Å².